The molecule has 1 heterocycles. The molecule has 0 spiro atoms. The fourth-order valence-electron chi connectivity index (χ4n) is 3.21. The van der Waals surface area contributed by atoms with Crippen molar-refractivity contribution < 1.29 is 9.59 Å². The van der Waals surface area contributed by atoms with Crippen molar-refractivity contribution in [3.8, 4) is 0 Å². The van der Waals surface area contributed by atoms with E-state index in [0.717, 1.165) is 11.3 Å². The van der Waals surface area contributed by atoms with Crippen molar-refractivity contribution in [3.63, 3.8) is 0 Å². The lowest BCUT2D eigenvalue weighted by Crippen LogP contribution is -2.48. The Morgan fingerprint density at radius 1 is 1.07 bits per heavy atom. The Kier molecular flexibility index (Phi) is 6.37. The smallest absolute Gasteiger partial charge is 0.247 e. The molecule has 0 fully saturated rings. The number of allylic oxidation sites excluding steroid dienone is 3. The van der Waals surface area contributed by atoms with E-state index in [4.69, 9.17) is 0 Å². The van der Waals surface area contributed by atoms with Crippen molar-refractivity contribution in [2.24, 2.45) is 11.8 Å². The van der Waals surface area contributed by atoms with E-state index in [0.29, 0.717) is 12.1 Å². The molecule has 3 unspecified atom stereocenters. The number of pyridine rings is 1. The molecule has 0 saturated heterocycles. The van der Waals surface area contributed by atoms with Crippen LogP contribution in [0.25, 0.3) is 0 Å². The van der Waals surface area contributed by atoms with Gasteiger partial charge in [-0.3, -0.25) is 14.6 Å². The summed E-state index contributed by atoms with van der Waals surface area (Å²) in [5, 5.41) is 5.85. The Morgan fingerprint density at radius 2 is 1.82 bits per heavy atom. The van der Waals surface area contributed by atoms with Crippen LogP contribution in [0.3, 0.4) is 0 Å². The average Bonchev–Trinajstić information content (AvgIpc) is 2.70. The second-order valence-corrected chi connectivity index (χ2v) is 7.03. The summed E-state index contributed by atoms with van der Waals surface area (Å²) in [6.07, 6.45) is 9.78. The summed E-state index contributed by atoms with van der Waals surface area (Å²) in [7, 11) is 0. The first-order valence-corrected chi connectivity index (χ1v) is 9.46. The Labute approximate surface area is 165 Å². The number of rotatable bonds is 6. The van der Waals surface area contributed by atoms with Crippen molar-refractivity contribution in [2.75, 3.05) is 5.32 Å². The van der Waals surface area contributed by atoms with Crippen LogP contribution in [0.15, 0.2) is 73.0 Å². The van der Waals surface area contributed by atoms with Gasteiger partial charge in [0.15, 0.2) is 0 Å². The Bertz CT molecular complexity index is 890. The molecule has 1 aromatic heterocycles. The largest absolute Gasteiger partial charge is 0.343 e. The SMILES string of the molecule is Cc1ncccc1NC(=O)C(Cc1ccccc1)NC(=O)C1C=CC=CC1C. The molecule has 2 N–H and O–H groups in total. The van der Waals surface area contributed by atoms with Gasteiger partial charge in [0.2, 0.25) is 11.8 Å². The van der Waals surface area contributed by atoms with Crippen molar-refractivity contribution in [1.82, 2.24) is 10.3 Å². The predicted molar refractivity (Wildman–Crippen MR) is 111 cm³/mol. The minimum absolute atomic E-state index is 0.0889. The average molecular weight is 375 g/mol. The van der Waals surface area contributed by atoms with Gasteiger partial charge in [0.05, 0.1) is 17.3 Å². The summed E-state index contributed by atoms with van der Waals surface area (Å²) in [5.74, 6) is -0.592. The molecule has 5 heteroatoms. The molecular weight excluding hydrogens is 350 g/mol. The third kappa shape index (κ3) is 4.94. The fraction of sp³-hybridized carbons (Fsp3) is 0.261. The van der Waals surface area contributed by atoms with E-state index in [1.165, 1.54) is 0 Å². The lowest BCUT2D eigenvalue weighted by Gasteiger charge is -2.24. The molecule has 2 aromatic rings. The standard InChI is InChI=1S/C23H25N3O2/c1-16-9-6-7-12-19(16)22(27)26-21(15-18-10-4-3-5-11-18)23(28)25-20-13-8-14-24-17(20)2/h3-14,16,19,21H,15H2,1-2H3,(H,25,28)(H,26,27). The summed E-state index contributed by atoms with van der Waals surface area (Å²) in [5.41, 5.74) is 2.36. The molecule has 0 aliphatic heterocycles. The minimum Gasteiger partial charge on any atom is -0.343 e. The second kappa shape index (κ2) is 9.13. The Balaban J connectivity index is 1.77. The van der Waals surface area contributed by atoms with Gasteiger partial charge in [-0.1, -0.05) is 61.6 Å². The fourth-order valence-corrected chi connectivity index (χ4v) is 3.21. The van der Waals surface area contributed by atoms with Crippen molar-refractivity contribution in [2.45, 2.75) is 26.3 Å². The van der Waals surface area contributed by atoms with Crippen molar-refractivity contribution in [3.05, 3.63) is 84.2 Å². The molecule has 3 rings (SSSR count). The maximum Gasteiger partial charge on any atom is 0.247 e. The molecular formula is C23H25N3O2. The first-order chi connectivity index (χ1) is 13.5. The minimum atomic E-state index is -0.680. The molecule has 0 saturated carbocycles. The molecule has 1 aliphatic carbocycles. The number of nitrogens with zero attached hydrogens (tertiary/aromatic N) is 1. The first kappa shape index (κ1) is 19.5. The molecule has 144 valence electrons. The summed E-state index contributed by atoms with van der Waals surface area (Å²) in [4.78, 5) is 30.0. The zero-order valence-electron chi connectivity index (χ0n) is 16.1. The van der Waals surface area contributed by atoms with Crippen LogP contribution in [0.4, 0.5) is 5.69 Å². The lowest BCUT2D eigenvalue weighted by molar-refractivity contribution is -0.128. The van der Waals surface area contributed by atoms with Crippen molar-refractivity contribution in [1.29, 1.82) is 0 Å². The highest BCUT2D eigenvalue weighted by molar-refractivity contribution is 5.98. The third-order valence-corrected chi connectivity index (χ3v) is 4.89. The second-order valence-electron chi connectivity index (χ2n) is 7.03. The van der Waals surface area contributed by atoms with Crippen LogP contribution in [0, 0.1) is 18.8 Å². The van der Waals surface area contributed by atoms with Crippen LogP contribution in [-0.4, -0.2) is 22.8 Å². The highest BCUT2D eigenvalue weighted by Crippen LogP contribution is 2.20. The monoisotopic (exact) mass is 375 g/mol. The van der Waals surface area contributed by atoms with Crippen LogP contribution < -0.4 is 10.6 Å². The quantitative estimate of drug-likeness (QED) is 0.813. The zero-order chi connectivity index (χ0) is 19.9. The van der Waals surface area contributed by atoms with Gasteiger partial charge in [-0.25, -0.2) is 0 Å². The van der Waals surface area contributed by atoms with Gasteiger partial charge in [0, 0.05) is 12.6 Å². The maximum atomic E-state index is 13.0. The number of carbonyl (C=O) groups excluding carboxylic acids is 2. The van der Waals surface area contributed by atoms with Gasteiger partial charge in [-0.05, 0) is 30.5 Å². The molecule has 28 heavy (non-hydrogen) atoms. The van der Waals surface area contributed by atoms with E-state index in [1.54, 1.807) is 18.3 Å². The van der Waals surface area contributed by atoms with Crippen LogP contribution in [0.1, 0.15) is 18.2 Å². The number of aromatic nitrogens is 1. The van der Waals surface area contributed by atoms with E-state index >= 15 is 0 Å². The van der Waals surface area contributed by atoms with Gasteiger partial charge in [0.25, 0.3) is 0 Å². The molecule has 3 atom stereocenters. The number of nitrogens with one attached hydrogen (secondary N) is 2. The van der Waals surface area contributed by atoms with Gasteiger partial charge < -0.3 is 10.6 Å². The Hall–Kier alpha value is -3.21. The van der Waals surface area contributed by atoms with E-state index < -0.39 is 6.04 Å². The first-order valence-electron chi connectivity index (χ1n) is 9.46. The van der Waals surface area contributed by atoms with Gasteiger partial charge in [-0.2, -0.15) is 0 Å². The third-order valence-electron chi connectivity index (χ3n) is 4.89. The topological polar surface area (TPSA) is 71.1 Å². The number of aryl methyl sites for hydroxylation is 1. The molecule has 2 amide bonds. The highest BCUT2D eigenvalue weighted by atomic mass is 16.2. The normalized spacial score (nSPS) is 19.1. The molecule has 1 aliphatic rings. The van der Waals surface area contributed by atoms with E-state index in [9.17, 15) is 9.59 Å². The molecule has 5 nitrogen and oxygen atoms in total. The van der Waals surface area contributed by atoms with Gasteiger partial charge in [0.1, 0.15) is 6.04 Å². The highest BCUT2D eigenvalue weighted by Gasteiger charge is 2.28. The maximum absolute atomic E-state index is 13.0. The number of hydrogen-bond donors (Lipinski definition) is 2. The number of hydrogen-bond acceptors (Lipinski definition) is 3. The van der Waals surface area contributed by atoms with E-state index in [-0.39, 0.29) is 23.7 Å². The van der Waals surface area contributed by atoms with E-state index in [1.807, 2.05) is 68.5 Å². The van der Waals surface area contributed by atoms with Crippen LogP contribution >= 0.6 is 0 Å². The number of carbonyl (C=O) groups is 2. The van der Waals surface area contributed by atoms with Crippen LogP contribution in [-0.2, 0) is 16.0 Å². The number of anilines is 1. The van der Waals surface area contributed by atoms with Gasteiger partial charge >= 0.3 is 0 Å². The van der Waals surface area contributed by atoms with Crippen LogP contribution in [0.2, 0.25) is 0 Å². The van der Waals surface area contributed by atoms with Crippen LogP contribution in [0.5, 0.6) is 0 Å². The van der Waals surface area contributed by atoms with Crippen molar-refractivity contribution >= 4 is 17.5 Å². The molecule has 0 bridgehead atoms. The number of benzene rings is 1. The summed E-state index contributed by atoms with van der Waals surface area (Å²) in [6, 6.07) is 12.6. The predicted octanol–water partition coefficient (Wildman–Crippen LogP) is 3.43. The number of amides is 2. The Morgan fingerprint density at radius 3 is 2.54 bits per heavy atom. The van der Waals surface area contributed by atoms with Gasteiger partial charge in [-0.15, -0.1) is 0 Å². The molecule has 1 aromatic carbocycles. The lowest BCUT2D eigenvalue weighted by atomic mass is 9.89. The molecule has 0 radical (unpaired) electrons. The summed E-state index contributed by atoms with van der Waals surface area (Å²) >= 11 is 0. The summed E-state index contributed by atoms with van der Waals surface area (Å²) < 4.78 is 0. The van der Waals surface area contributed by atoms with E-state index in [2.05, 4.69) is 15.6 Å². The zero-order valence-corrected chi connectivity index (χ0v) is 16.1. The summed E-state index contributed by atoms with van der Waals surface area (Å²) in [6.45, 7) is 3.83.